The second kappa shape index (κ2) is 8.76. The van der Waals surface area contributed by atoms with Gasteiger partial charge in [0.2, 0.25) is 0 Å². The highest BCUT2D eigenvalue weighted by molar-refractivity contribution is 5.77. The van der Waals surface area contributed by atoms with Crippen LogP contribution >= 0.6 is 0 Å². The van der Waals surface area contributed by atoms with E-state index in [1.807, 2.05) is 38.1 Å². The van der Waals surface area contributed by atoms with Crippen molar-refractivity contribution in [1.82, 2.24) is 0 Å². The van der Waals surface area contributed by atoms with Crippen LogP contribution in [-0.4, -0.2) is 36.4 Å². The zero-order valence-electron chi connectivity index (χ0n) is 18.0. The molecule has 0 aromatic heterocycles. The van der Waals surface area contributed by atoms with E-state index in [-0.39, 0.29) is 18.6 Å². The first kappa shape index (κ1) is 21.7. The number of ether oxygens (including phenoxy) is 1. The summed E-state index contributed by atoms with van der Waals surface area (Å²) >= 11 is 0. The Morgan fingerprint density at radius 1 is 1.20 bits per heavy atom. The summed E-state index contributed by atoms with van der Waals surface area (Å²) in [4.78, 5) is 13.7. The van der Waals surface area contributed by atoms with Gasteiger partial charge in [0.1, 0.15) is 0 Å². The maximum atomic E-state index is 11.3. The largest absolute Gasteiger partial charge is 0.481 e. The molecule has 30 heavy (non-hydrogen) atoms. The number of nitriles is 1. The molecule has 0 aliphatic carbocycles. The molecular weight excluding hydrogens is 378 g/mol. The fourth-order valence-corrected chi connectivity index (χ4v) is 3.97. The second-order valence-corrected chi connectivity index (χ2v) is 8.66. The van der Waals surface area contributed by atoms with Crippen molar-refractivity contribution in [2.24, 2.45) is 0 Å². The summed E-state index contributed by atoms with van der Waals surface area (Å²) in [6.45, 7) is 9.59. The average molecular weight is 408 g/mol. The van der Waals surface area contributed by atoms with Crippen LogP contribution in [0.15, 0.2) is 42.5 Å². The van der Waals surface area contributed by atoms with Crippen LogP contribution in [0.5, 0.6) is 0 Å². The van der Waals surface area contributed by atoms with Crippen LogP contribution in [0.1, 0.15) is 45.2 Å². The summed E-state index contributed by atoms with van der Waals surface area (Å²) in [7, 11) is 0. The van der Waals surface area contributed by atoms with Crippen molar-refractivity contribution in [2.75, 3.05) is 23.3 Å². The van der Waals surface area contributed by atoms with Gasteiger partial charge in [0.05, 0.1) is 41.6 Å². The normalized spacial score (nSPS) is 19.2. The smallest absolute Gasteiger partial charge is 0.304 e. The molecule has 0 spiro atoms. The number of carbonyl (C=O) groups is 1. The summed E-state index contributed by atoms with van der Waals surface area (Å²) < 4.78 is 5.89. The van der Waals surface area contributed by atoms with Gasteiger partial charge in [-0.2, -0.15) is 5.26 Å². The Kier molecular flexibility index (Phi) is 6.33. The van der Waals surface area contributed by atoms with Crippen LogP contribution in [0.2, 0.25) is 0 Å². The lowest BCUT2D eigenvalue weighted by Gasteiger charge is -2.38. The molecule has 0 unspecified atom stereocenters. The van der Waals surface area contributed by atoms with Crippen LogP contribution in [-0.2, 0) is 14.9 Å². The van der Waals surface area contributed by atoms with Gasteiger partial charge in [-0.05, 0) is 55.8 Å². The van der Waals surface area contributed by atoms with Crippen molar-refractivity contribution in [1.29, 1.82) is 5.26 Å². The fraction of sp³-hybridized carbons (Fsp3) is 0.417. The molecule has 3 rings (SSSR count). The van der Waals surface area contributed by atoms with E-state index in [1.165, 1.54) is 0 Å². The van der Waals surface area contributed by atoms with Crippen LogP contribution in [0.25, 0.3) is 0 Å². The summed E-state index contributed by atoms with van der Waals surface area (Å²) in [5.41, 5.74) is 3.90. The maximum Gasteiger partial charge on any atom is 0.304 e. The number of rotatable bonds is 6. The molecule has 1 fully saturated rings. The highest BCUT2D eigenvalue weighted by atomic mass is 16.5. The van der Waals surface area contributed by atoms with Crippen molar-refractivity contribution in [3.8, 4) is 6.07 Å². The lowest BCUT2D eigenvalue weighted by Crippen LogP contribution is -2.45. The Labute approximate surface area is 178 Å². The quantitative estimate of drug-likeness (QED) is 0.724. The van der Waals surface area contributed by atoms with Gasteiger partial charge < -0.3 is 20.1 Å². The van der Waals surface area contributed by atoms with E-state index in [9.17, 15) is 9.90 Å². The van der Waals surface area contributed by atoms with Crippen LogP contribution < -0.4 is 10.2 Å². The molecule has 0 saturated carbocycles. The highest BCUT2D eigenvalue weighted by Crippen LogP contribution is 2.37. The molecule has 1 aliphatic rings. The number of hydrogen-bond acceptors (Lipinski definition) is 5. The van der Waals surface area contributed by atoms with Gasteiger partial charge in [-0.1, -0.05) is 19.9 Å². The Morgan fingerprint density at radius 2 is 1.83 bits per heavy atom. The number of nitrogens with zero attached hydrogens (tertiary/aromatic N) is 2. The highest BCUT2D eigenvalue weighted by Gasteiger charge is 2.28. The number of morpholine rings is 1. The fourth-order valence-electron chi connectivity index (χ4n) is 3.97. The molecule has 6 nitrogen and oxygen atoms in total. The van der Waals surface area contributed by atoms with E-state index in [1.54, 1.807) is 12.1 Å². The van der Waals surface area contributed by atoms with E-state index in [2.05, 4.69) is 36.2 Å². The van der Waals surface area contributed by atoms with E-state index in [0.29, 0.717) is 5.56 Å². The molecular formula is C24H29N3O3. The zero-order valence-corrected chi connectivity index (χ0v) is 18.0. The van der Waals surface area contributed by atoms with Crippen molar-refractivity contribution in [2.45, 2.75) is 51.7 Å². The molecule has 1 saturated heterocycles. The molecule has 2 atom stereocenters. The predicted molar refractivity (Wildman–Crippen MR) is 118 cm³/mol. The molecule has 0 radical (unpaired) electrons. The number of benzene rings is 2. The summed E-state index contributed by atoms with van der Waals surface area (Å²) in [5, 5.41) is 21.8. The average Bonchev–Trinajstić information content (AvgIpc) is 2.67. The molecule has 0 amide bonds. The standard InChI is InChI=1S/C24H29N3O3/c1-16-14-27(15-17(2)30-16)22-10-7-19(24(3,4)12-23(28)29)11-21(22)26-20-8-5-18(13-25)6-9-20/h5-11,16-17,26H,12,14-15H2,1-4H3,(H,28,29)/t16-,17+. The van der Waals surface area contributed by atoms with Crippen LogP contribution in [0, 0.1) is 11.3 Å². The van der Waals surface area contributed by atoms with E-state index < -0.39 is 11.4 Å². The first-order valence-corrected chi connectivity index (χ1v) is 10.2. The monoisotopic (exact) mass is 407 g/mol. The Morgan fingerprint density at radius 3 is 2.40 bits per heavy atom. The molecule has 2 aromatic carbocycles. The maximum absolute atomic E-state index is 11.3. The van der Waals surface area contributed by atoms with Crippen molar-refractivity contribution in [3.63, 3.8) is 0 Å². The van der Waals surface area contributed by atoms with E-state index >= 15 is 0 Å². The summed E-state index contributed by atoms with van der Waals surface area (Å²) in [6, 6.07) is 15.6. The summed E-state index contributed by atoms with van der Waals surface area (Å²) in [6.07, 6.45) is 0.299. The molecule has 1 aliphatic heterocycles. The van der Waals surface area contributed by atoms with Crippen molar-refractivity contribution < 1.29 is 14.6 Å². The van der Waals surface area contributed by atoms with E-state index in [0.717, 1.165) is 35.7 Å². The lowest BCUT2D eigenvalue weighted by atomic mass is 9.81. The van der Waals surface area contributed by atoms with Gasteiger partial charge in [0.25, 0.3) is 0 Å². The van der Waals surface area contributed by atoms with Crippen molar-refractivity contribution >= 4 is 23.0 Å². The predicted octanol–water partition coefficient (Wildman–Crippen LogP) is 4.67. The SMILES string of the molecule is C[C@@H]1CN(c2ccc(C(C)(C)CC(=O)O)cc2Nc2ccc(C#N)cc2)C[C@H](C)O1. The number of carboxylic acids is 1. The van der Waals surface area contributed by atoms with Crippen LogP contribution in [0.4, 0.5) is 17.1 Å². The number of hydrogen-bond donors (Lipinski definition) is 2. The Hall–Kier alpha value is -3.04. The molecule has 2 aromatic rings. The topological polar surface area (TPSA) is 85.6 Å². The lowest BCUT2D eigenvalue weighted by molar-refractivity contribution is -0.138. The minimum atomic E-state index is -0.818. The number of carboxylic acid groups (broad SMARTS) is 1. The second-order valence-electron chi connectivity index (χ2n) is 8.66. The minimum Gasteiger partial charge on any atom is -0.481 e. The number of aliphatic carboxylic acids is 1. The van der Waals surface area contributed by atoms with Gasteiger partial charge in [-0.3, -0.25) is 4.79 Å². The first-order chi connectivity index (χ1) is 14.2. The van der Waals surface area contributed by atoms with Gasteiger partial charge in [0, 0.05) is 24.2 Å². The van der Waals surface area contributed by atoms with Gasteiger partial charge >= 0.3 is 5.97 Å². The number of nitrogens with one attached hydrogen (secondary N) is 1. The molecule has 2 N–H and O–H groups in total. The molecule has 6 heteroatoms. The third-order valence-electron chi connectivity index (χ3n) is 5.42. The minimum absolute atomic E-state index is 0.0499. The van der Waals surface area contributed by atoms with E-state index in [4.69, 9.17) is 10.00 Å². The van der Waals surface area contributed by atoms with Crippen LogP contribution in [0.3, 0.4) is 0 Å². The van der Waals surface area contributed by atoms with Gasteiger partial charge in [-0.25, -0.2) is 0 Å². The zero-order chi connectivity index (χ0) is 21.9. The number of anilines is 3. The van der Waals surface area contributed by atoms with Crippen molar-refractivity contribution in [3.05, 3.63) is 53.6 Å². The third kappa shape index (κ3) is 5.11. The first-order valence-electron chi connectivity index (χ1n) is 10.2. The Balaban J connectivity index is 2.00. The van der Waals surface area contributed by atoms with Gasteiger partial charge in [-0.15, -0.1) is 0 Å². The van der Waals surface area contributed by atoms with Gasteiger partial charge in [0.15, 0.2) is 0 Å². The summed E-state index contributed by atoms with van der Waals surface area (Å²) in [5.74, 6) is -0.818. The molecule has 0 bridgehead atoms. The third-order valence-corrected chi connectivity index (χ3v) is 5.42. The Bertz CT molecular complexity index is 937. The molecule has 158 valence electrons. The molecule has 1 heterocycles.